The van der Waals surface area contributed by atoms with E-state index in [4.69, 9.17) is 5.11 Å². The summed E-state index contributed by atoms with van der Waals surface area (Å²) in [5.74, 6) is -1.36. The van der Waals surface area contributed by atoms with Gasteiger partial charge in [-0.3, -0.25) is 9.59 Å². The van der Waals surface area contributed by atoms with Crippen molar-refractivity contribution in [2.45, 2.75) is 57.5 Å². The van der Waals surface area contributed by atoms with Gasteiger partial charge in [0.15, 0.2) is 0 Å². The summed E-state index contributed by atoms with van der Waals surface area (Å²) in [5.41, 5.74) is -0.590. The molecular formula is C14H22F3NO3. The molecule has 1 amide bonds. The molecule has 0 saturated heterocycles. The molecule has 1 fully saturated rings. The van der Waals surface area contributed by atoms with E-state index in [1.165, 1.54) is 7.05 Å². The molecule has 0 aromatic heterocycles. The third-order valence-electron chi connectivity index (χ3n) is 4.12. The molecule has 21 heavy (non-hydrogen) atoms. The van der Waals surface area contributed by atoms with Crippen molar-refractivity contribution in [1.29, 1.82) is 0 Å². The molecule has 0 radical (unpaired) electrons. The molecular weight excluding hydrogens is 287 g/mol. The largest absolute Gasteiger partial charge is 0.481 e. The van der Waals surface area contributed by atoms with Gasteiger partial charge in [-0.2, -0.15) is 13.2 Å². The lowest BCUT2D eigenvalue weighted by Gasteiger charge is -2.36. The van der Waals surface area contributed by atoms with Crippen molar-refractivity contribution in [2.24, 2.45) is 5.41 Å². The Morgan fingerprint density at radius 3 is 2.19 bits per heavy atom. The number of rotatable bonds is 6. The summed E-state index contributed by atoms with van der Waals surface area (Å²) in [7, 11) is 1.34. The summed E-state index contributed by atoms with van der Waals surface area (Å²) in [6.07, 6.45) is -1.35. The average molecular weight is 309 g/mol. The Morgan fingerprint density at radius 2 is 1.71 bits per heavy atom. The normalized spacial score (nSPS) is 18.3. The van der Waals surface area contributed by atoms with Crippen LogP contribution in [0.3, 0.4) is 0 Å². The number of carboxylic acid groups (broad SMARTS) is 1. The molecule has 1 rings (SSSR count). The van der Waals surface area contributed by atoms with Gasteiger partial charge in [-0.25, -0.2) is 0 Å². The highest BCUT2D eigenvalue weighted by Crippen LogP contribution is 2.42. The second kappa shape index (κ2) is 7.13. The number of carbonyl (C=O) groups excluding carboxylic acids is 1. The predicted molar refractivity (Wildman–Crippen MR) is 70.7 cm³/mol. The lowest BCUT2D eigenvalue weighted by Crippen LogP contribution is -2.37. The second-order valence-corrected chi connectivity index (χ2v) is 5.99. The first-order valence-corrected chi connectivity index (χ1v) is 7.16. The third-order valence-corrected chi connectivity index (χ3v) is 4.12. The van der Waals surface area contributed by atoms with E-state index >= 15 is 0 Å². The molecule has 1 N–H and O–H groups in total. The molecule has 0 bridgehead atoms. The van der Waals surface area contributed by atoms with Crippen molar-refractivity contribution in [1.82, 2.24) is 4.90 Å². The molecule has 0 atom stereocenters. The summed E-state index contributed by atoms with van der Waals surface area (Å²) in [4.78, 5) is 24.1. The van der Waals surface area contributed by atoms with Crippen LogP contribution in [0.1, 0.15) is 51.4 Å². The maximum Gasteiger partial charge on any atom is 0.390 e. The fraction of sp³-hybridized carbons (Fsp3) is 0.857. The molecule has 0 aromatic carbocycles. The number of alkyl halides is 3. The third kappa shape index (κ3) is 6.35. The van der Waals surface area contributed by atoms with Gasteiger partial charge >= 0.3 is 12.1 Å². The predicted octanol–water partition coefficient (Wildman–Crippen LogP) is 3.21. The van der Waals surface area contributed by atoms with Gasteiger partial charge in [0.25, 0.3) is 0 Å². The first-order valence-electron chi connectivity index (χ1n) is 7.16. The number of aliphatic carboxylic acids is 1. The van der Waals surface area contributed by atoms with E-state index in [1.54, 1.807) is 0 Å². The molecule has 7 heteroatoms. The van der Waals surface area contributed by atoms with Gasteiger partial charge in [-0.15, -0.1) is 0 Å². The first-order chi connectivity index (χ1) is 9.64. The molecule has 1 aliphatic carbocycles. The molecule has 0 aliphatic heterocycles. The van der Waals surface area contributed by atoms with Crippen molar-refractivity contribution in [3.05, 3.63) is 0 Å². The standard InChI is InChI=1S/C14H22F3NO3/c1-18(8-7-14(15,16)17)11(19)9-13(10-12(20)21)5-3-2-4-6-13/h2-10H2,1H3,(H,20,21). The topological polar surface area (TPSA) is 57.6 Å². The summed E-state index contributed by atoms with van der Waals surface area (Å²) < 4.78 is 36.5. The van der Waals surface area contributed by atoms with E-state index in [9.17, 15) is 22.8 Å². The van der Waals surface area contributed by atoms with Crippen LogP contribution in [0, 0.1) is 5.41 Å². The number of amides is 1. The molecule has 4 nitrogen and oxygen atoms in total. The van der Waals surface area contributed by atoms with Gasteiger partial charge in [-0.05, 0) is 18.3 Å². The second-order valence-electron chi connectivity index (χ2n) is 5.99. The Hall–Kier alpha value is -1.27. The Balaban J connectivity index is 2.61. The molecule has 0 unspecified atom stereocenters. The van der Waals surface area contributed by atoms with Crippen molar-refractivity contribution >= 4 is 11.9 Å². The first kappa shape index (κ1) is 17.8. The SMILES string of the molecule is CN(CCC(F)(F)F)C(=O)CC1(CC(=O)O)CCCCC1. The van der Waals surface area contributed by atoms with Crippen molar-refractivity contribution in [3.8, 4) is 0 Å². The van der Waals surface area contributed by atoms with Crippen LogP contribution in [0.5, 0.6) is 0 Å². The van der Waals surface area contributed by atoms with Crippen LogP contribution < -0.4 is 0 Å². The summed E-state index contributed by atoms with van der Waals surface area (Å²) in [5, 5.41) is 9.02. The van der Waals surface area contributed by atoms with Gasteiger partial charge in [0.05, 0.1) is 12.8 Å². The van der Waals surface area contributed by atoms with E-state index in [0.29, 0.717) is 12.8 Å². The van der Waals surface area contributed by atoms with Crippen LogP contribution in [0.2, 0.25) is 0 Å². The number of hydrogen-bond acceptors (Lipinski definition) is 2. The Morgan fingerprint density at radius 1 is 1.14 bits per heavy atom. The highest BCUT2D eigenvalue weighted by atomic mass is 19.4. The summed E-state index contributed by atoms with van der Waals surface area (Å²) >= 11 is 0. The molecule has 1 saturated carbocycles. The fourth-order valence-electron chi connectivity index (χ4n) is 2.91. The van der Waals surface area contributed by atoms with Crippen LogP contribution in [0.25, 0.3) is 0 Å². The Kier molecular flexibility index (Phi) is 6.04. The zero-order chi connectivity index (χ0) is 16.1. The van der Waals surface area contributed by atoms with Crippen molar-refractivity contribution < 1.29 is 27.9 Å². The number of carboxylic acids is 1. The smallest absolute Gasteiger partial charge is 0.390 e. The molecule has 122 valence electrons. The van der Waals surface area contributed by atoms with Crippen LogP contribution in [-0.4, -0.2) is 41.7 Å². The summed E-state index contributed by atoms with van der Waals surface area (Å²) in [6.45, 7) is -0.383. The molecule has 0 spiro atoms. The van der Waals surface area contributed by atoms with Gasteiger partial charge in [-0.1, -0.05) is 19.3 Å². The zero-order valence-corrected chi connectivity index (χ0v) is 12.2. The maximum absolute atomic E-state index is 12.2. The zero-order valence-electron chi connectivity index (χ0n) is 12.2. The van der Waals surface area contributed by atoms with Gasteiger partial charge < -0.3 is 10.0 Å². The van der Waals surface area contributed by atoms with Crippen LogP contribution in [-0.2, 0) is 9.59 Å². The van der Waals surface area contributed by atoms with Crippen molar-refractivity contribution in [3.63, 3.8) is 0 Å². The molecule has 0 aromatic rings. The maximum atomic E-state index is 12.2. The van der Waals surface area contributed by atoms with E-state index in [2.05, 4.69) is 0 Å². The fourth-order valence-corrected chi connectivity index (χ4v) is 2.91. The van der Waals surface area contributed by atoms with Gasteiger partial charge in [0.1, 0.15) is 0 Å². The Bertz CT molecular complexity index is 376. The number of hydrogen-bond donors (Lipinski definition) is 1. The Labute approximate surface area is 122 Å². The van der Waals surface area contributed by atoms with E-state index in [-0.39, 0.29) is 19.4 Å². The van der Waals surface area contributed by atoms with Crippen LogP contribution in [0.15, 0.2) is 0 Å². The van der Waals surface area contributed by atoms with Crippen LogP contribution in [0.4, 0.5) is 13.2 Å². The van der Waals surface area contributed by atoms with E-state index in [0.717, 1.165) is 24.2 Å². The minimum Gasteiger partial charge on any atom is -0.481 e. The van der Waals surface area contributed by atoms with E-state index in [1.807, 2.05) is 0 Å². The van der Waals surface area contributed by atoms with Gasteiger partial charge in [0.2, 0.25) is 5.91 Å². The number of carbonyl (C=O) groups is 2. The monoisotopic (exact) mass is 309 g/mol. The highest BCUT2D eigenvalue weighted by Gasteiger charge is 2.37. The molecule has 1 aliphatic rings. The summed E-state index contributed by atoms with van der Waals surface area (Å²) in [6, 6.07) is 0. The van der Waals surface area contributed by atoms with E-state index < -0.39 is 29.9 Å². The highest BCUT2D eigenvalue weighted by molar-refractivity contribution is 5.78. The number of halogens is 3. The lowest BCUT2D eigenvalue weighted by molar-refractivity contribution is -0.146. The van der Waals surface area contributed by atoms with Crippen molar-refractivity contribution in [2.75, 3.05) is 13.6 Å². The van der Waals surface area contributed by atoms with Crippen LogP contribution >= 0.6 is 0 Å². The quantitative estimate of drug-likeness (QED) is 0.819. The minimum atomic E-state index is -4.29. The molecule has 0 heterocycles. The lowest BCUT2D eigenvalue weighted by atomic mass is 9.69. The average Bonchev–Trinajstić information content (AvgIpc) is 2.34. The minimum absolute atomic E-state index is 0.0215. The number of nitrogens with zero attached hydrogens (tertiary/aromatic N) is 1. The van der Waals surface area contributed by atoms with Gasteiger partial charge in [0, 0.05) is 20.0 Å².